The number of carbonyl (C=O) groups excluding carboxylic acids is 1. The molecular weight excluding hydrogens is 397 g/mol. The highest BCUT2D eigenvalue weighted by atomic mass is 19.4. The Morgan fingerprint density at radius 1 is 1.07 bits per heavy atom. The van der Waals surface area contributed by atoms with E-state index in [1.54, 1.807) is 21.9 Å². The zero-order valence-electron chi connectivity index (χ0n) is 16.4. The summed E-state index contributed by atoms with van der Waals surface area (Å²) >= 11 is 0. The first-order valence-electron chi connectivity index (χ1n) is 10.1. The van der Waals surface area contributed by atoms with Gasteiger partial charge in [0, 0.05) is 56.2 Å². The lowest BCUT2D eigenvalue weighted by atomic mass is 10.1. The zero-order chi connectivity index (χ0) is 21.1. The minimum absolute atomic E-state index is 0.00280. The van der Waals surface area contributed by atoms with Crippen molar-refractivity contribution in [3.05, 3.63) is 36.3 Å². The number of rotatable bonds is 3. The Morgan fingerprint density at radius 2 is 1.80 bits per heavy atom. The Bertz CT molecular complexity index is 886. The van der Waals surface area contributed by atoms with Crippen LogP contribution >= 0.6 is 0 Å². The van der Waals surface area contributed by atoms with Gasteiger partial charge in [0.2, 0.25) is 0 Å². The van der Waals surface area contributed by atoms with Crippen molar-refractivity contribution in [2.24, 2.45) is 0 Å². The van der Waals surface area contributed by atoms with Gasteiger partial charge in [0.05, 0.1) is 0 Å². The number of urea groups is 1. The third kappa shape index (κ3) is 4.63. The van der Waals surface area contributed by atoms with Gasteiger partial charge in [-0.1, -0.05) is 0 Å². The van der Waals surface area contributed by atoms with Gasteiger partial charge in [-0.05, 0) is 37.8 Å². The first kappa shape index (κ1) is 20.4. The summed E-state index contributed by atoms with van der Waals surface area (Å²) in [5.41, 5.74) is -0.522. The number of alkyl halides is 3. The molecule has 2 aromatic rings. The second kappa shape index (κ2) is 8.45. The lowest BCUT2D eigenvalue weighted by Crippen LogP contribution is -2.47. The second-order valence-electron chi connectivity index (χ2n) is 7.60. The number of nitrogens with one attached hydrogen (secondary N) is 1. The number of aromatic nitrogens is 3. The van der Waals surface area contributed by atoms with Crippen LogP contribution in [-0.4, -0.2) is 58.1 Å². The summed E-state index contributed by atoms with van der Waals surface area (Å²) < 4.78 is 40.3. The van der Waals surface area contributed by atoms with Gasteiger partial charge in [0.15, 0.2) is 11.5 Å². The predicted octanol–water partition coefficient (Wildman–Crippen LogP) is 3.33. The van der Waals surface area contributed by atoms with E-state index in [9.17, 15) is 18.0 Å². The third-order valence-electron chi connectivity index (χ3n) is 5.42. The SMILES string of the molecule is O=C(NC1CCN(c2cc(C(F)(F)F)nc(-c3ccncc3)n2)C1)N1CCCCC1. The number of hydrogen-bond donors (Lipinski definition) is 1. The fourth-order valence-corrected chi connectivity index (χ4v) is 3.82. The average Bonchev–Trinajstić information content (AvgIpc) is 3.22. The molecule has 2 aliphatic rings. The molecule has 30 heavy (non-hydrogen) atoms. The van der Waals surface area contributed by atoms with E-state index in [1.165, 1.54) is 12.4 Å². The predicted molar refractivity (Wildman–Crippen MR) is 105 cm³/mol. The van der Waals surface area contributed by atoms with Gasteiger partial charge in [0.1, 0.15) is 5.82 Å². The topological polar surface area (TPSA) is 74.2 Å². The highest BCUT2D eigenvalue weighted by Gasteiger charge is 2.35. The van der Waals surface area contributed by atoms with Gasteiger partial charge >= 0.3 is 12.2 Å². The van der Waals surface area contributed by atoms with Gasteiger partial charge in [0.25, 0.3) is 0 Å². The molecule has 4 heterocycles. The lowest BCUT2D eigenvalue weighted by Gasteiger charge is -2.28. The first-order valence-corrected chi connectivity index (χ1v) is 10.1. The Kier molecular flexibility index (Phi) is 5.74. The number of piperidine rings is 1. The van der Waals surface area contributed by atoms with Crippen LogP contribution in [0.25, 0.3) is 11.4 Å². The van der Waals surface area contributed by atoms with Crippen LogP contribution < -0.4 is 10.2 Å². The van der Waals surface area contributed by atoms with Crippen molar-refractivity contribution in [3.8, 4) is 11.4 Å². The summed E-state index contributed by atoms with van der Waals surface area (Å²) in [6.45, 7) is 2.41. The van der Waals surface area contributed by atoms with Crippen molar-refractivity contribution < 1.29 is 18.0 Å². The fourth-order valence-electron chi connectivity index (χ4n) is 3.82. The van der Waals surface area contributed by atoms with E-state index < -0.39 is 11.9 Å². The van der Waals surface area contributed by atoms with Crippen molar-refractivity contribution in [1.29, 1.82) is 0 Å². The Hall–Kier alpha value is -2.91. The molecule has 0 spiro atoms. The minimum atomic E-state index is -4.58. The van der Waals surface area contributed by atoms with Gasteiger partial charge in [-0.2, -0.15) is 13.2 Å². The molecule has 0 aromatic carbocycles. The lowest BCUT2D eigenvalue weighted by molar-refractivity contribution is -0.141. The molecule has 0 radical (unpaired) electrons. The van der Waals surface area contributed by atoms with Crippen molar-refractivity contribution in [2.45, 2.75) is 37.9 Å². The molecule has 4 rings (SSSR count). The molecular formula is C20H23F3N6O. The largest absolute Gasteiger partial charge is 0.433 e. The van der Waals surface area contributed by atoms with E-state index in [4.69, 9.17) is 0 Å². The molecule has 2 aliphatic heterocycles. The summed E-state index contributed by atoms with van der Waals surface area (Å²) in [6, 6.07) is 3.89. The number of anilines is 1. The summed E-state index contributed by atoms with van der Waals surface area (Å²) in [6.07, 6.45) is 2.18. The number of amides is 2. The van der Waals surface area contributed by atoms with Crippen molar-refractivity contribution >= 4 is 11.8 Å². The molecule has 7 nitrogen and oxygen atoms in total. The first-order chi connectivity index (χ1) is 14.4. The molecule has 2 amide bonds. The van der Waals surface area contributed by atoms with E-state index in [0.717, 1.165) is 38.4 Å². The van der Waals surface area contributed by atoms with E-state index in [1.807, 2.05) is 0 Å². The maximum absolute atomic E-state index is 13.4. The molecule has 0 saturated carbocycles. The highest BCUT2D eigenvalue weighted by Crippen LogP contribution is 2.32. The summed E-state index contributed by atoms with van der Waals surface area (Å²) in [5, 5.41) is 3.01. The van der Waals surface area contributed by atoms with Crippen LogP contribution in [0.1, 0.15) is 31.4 Å². The summed E-state index contributed by atoms with van der Waals surface area (Å²) in [4.78, 5) is 28.0. The van der Waals surface area contributed by atoms with Gasteiger partial charge in [-0.15, -0.1) is 0 Å². The molecule has 1 atom stereocenters. The van der Waals surface area contributed by atoms with Crippen LogP contribution in [0.3, 0.4) is 0 Å². The molecule has 2 fully saturated rings. The Balaban J connectivity index is 1.51. The third-order valence-corrected chi connectivity index (χ3v) is 5.42. The van der Waals surface area contributed by atoms with Crippen LogP contribution in [0.15, 0.2) is 30.6 Å². The number of likely N-dealkylation sites (tertiary alicyclic amines) is 1. The van der Waals surface area contributed by atoms with Crippen molar-refractivity contribution in [1.82, 2.24) is 25.2 Å². The molecule has 1 unspecified atom stereocenters. The normalized spacial score (nSPS) is 19.8. The monoisotopic (exact) mass is 420 g/mol. The number of halogens is 3. The molecule has 2 saturated heterocycles. The van der Waals surface area contributed by atoms with Gasteiger partial charge in [-0.3, -0.25) is 4.98 Å². The van der Waals surface area contributed by atoms with E-state index in [-0.39, 0.29) is 23.7 Å². The van der Waals surface area contributed by atoms with E-state index in [2.05, 4.69) is 20.3 Å². The standard InChI is InChI=1S/C20H23F3N6O/c21-20(22,23)16-12-17(27-18(26-16)14-4-7-24-8-5-14)29-11-6-15(13-29)25-19(30)28-9-2-1-3-10-28/h4-5,7-8,12,15H,1-3,6,9-11,13H2,(H,25,30). The number of carbonyl (C=O) groups is 1. The number of nitrogens with zero attached hydrogens (tertiary/aromatic N) is 5. The summed E-state index contributed by atoms with van der Waals surface area (Å²) in [5.74, 6) is 0.210. The molecule has 160 valence electrons. The van der Waals surface area contributed by atoms with Crippen LogP contribution in [-0.2, 0) is 6.18 Å². The van der Waals surface area contributed by atoms with Crippen LogP contribution in [0.2, 0.25) is 0 Å². The Morgan fingerprint density at radius 3 is 2.50 bits per heavy atom. The maximum atomic E-state index is 13.4. The Labute approximate surface area is 172 Å². The molecule has 0 aliphatic carbocycles. The van der Waals surface area contributed by atoms with Gasteiger partial charge < -0.3 is 15.1 Å². The zero-order valence-corrected chi connectivity index (χ0v) is 16.4. The average molecular weight is 420 g/mol. The molecule has 0 bridgehead atoms. The molecule has 1 N–H and O–H groups in total. The fraction of sp³-hybridized carbons (Fsp3) is 0.500. The maximum Gasteiger partial charge on any atom is 0.433 e. The molecule has 10 heteroatoms. The van der Waals surface area contributed by atoms with Gasteiger partial charge in [-0.25, -0.2) is 14.8 Å². The van der Waals surface area contributed by atoms with Crippen molar-refractivity contribution in [3.63, 3.8) is 0 Å². The van der Waals surface area contributed by atoms with Crippen LogP contribution in [0.4, 0.5) is 23.8 Å². The molecule has 2 aromatic heterocycles. The van der Waals surface area contributed by atoms with E-state index >= 15 is 0 Å². The number of pyridine rings is 1. The van der Waals surface area contributed by atoms with Crippen molar-refractivity contribution in [2.75, 3.05) is 31.1 Å². The second-order valence-corrected chi connectivity index (χ2v) is 7.60. The van der Waals surface area contributed by atoms with Crippen LogP contribution in [0.5, 0.6) is 0 Å². The highest BCUT2D eigenvalue weighted by molar-refractivity contribution is 5.74. The summed E-state index contributed by atoms with van der Waals surface area (Å²) in [7, 11) is 0. The minimum Gasteiger partial charge on any atom is -0.354 e. The number of hydrogen-bond acceptors (Lipinski definition) is 5. The van der Waals surface area contributed by atoms with Crippen LogP contribution in [0, 0.1) is 0 Å². The smallest absolute Gasteiger partial charge is 0.354 e. The van der Waals surface area contributed by atoms with E-state index in [0.29, 0.717) is 25.1 Å². The quantitative estimate of drug-likeness (QED) is 0.825.